The molecular formula is C10H4Br2N2S3. The highest BCUT2D eigenvalue weighted by molar-refractivity contribution is 9.11. The zero-order chi connectivity index (χ0) is 11.8. The van der Waals surface area contributed by atoms with E-state index >= 15 is 0 Å². The van der Waals surface area contributed by atoms with Gasteiger partial charge in [-0.3, -0.25) is 0 Å². The van der Waals surface area contributed by atoms with Crippen molar-refractivity contribution >= 4 is 65.9 Å². The Morgan fingerprint density at radius 1 is 0.765 bits per heavy atom. The molecular weight excluding hydrogens is 404 g/mol. The van der Waals surface area contributed by atoms with E-state index in [1.165, 1.54) is 9.75 Å². The Kier molecular flexibility index (Phi) is 3.45. The number of thiophene rings is 1. The fraction of sp³-hybridized carbons (Fsp3) is 0. The van der Waals surface area contributed by atoms with E-state index in [0.29, 0.717) is 0 Å². The molecule has 0 aliphatic heterocycles. The van der Waals surface area contributed by atoms with Gasteiger partial charge in [0.25, 0.3) is 0 Å². The second kappa shape index (κ2) is 4.89. The molecule has 0 aliphatic carbocycles. The summed E-state index contributed by atoms with van der Waals surface area (Å²) in [6.07, 6.45) is 3.67. The number of nitrogens with zero attached hydrogens (tertiary/aromatic N) is 2. The molecule has 0 spiro atoms. The predicted octanol–water partition coefficient (Wildman–Crippen LogP) is 5.52. The van der Waals surface area contributed by atoms with Crippen LogP contribution in [0.1, 0.15) is 0 Å². The van der Waals surface area contributed by atoms with Gasteiger partial charge in [-0.2, -0.15) is 0 Å². The highest BCUT2D eigenvalue weighted by Crippen LogP contribution is 2.39. The van der Waals surface area contributed by atoms with Gasteiger partial charge in [0.2, 0.25) is 0 Å². The standard InChI is InChI=1S/C10H4Br2N2S3/c11-7-3-13-9(16-7)5-1-2-6(15-5)10-14-4-8(12)17-10/h1-4H. The monoisotopic (exact) mass is 406 g/mol. The molecule has 86 valence electrons. The van der Waals surface area contributed by atoms with E-state index in [4.69, 9.17) is 0 Å². The molecule has 0 saturated heterocycles. The molecule has 3 heterocycles. The first-order valence-corrected chi connectivity index (χ1v) is 8.59. The van der Waals surface area contributed by atoms with Crippen molar-refractivity contribution in [1.29, 1.82) is 0 Å². The molecule has 2 nitrogen and oxygen atoms in total. The van der Waals surface area contributed by atoms with Crippen molar-refractivity contribution in [2.45, 2.75) is 0 Å². The van der Waals surface area contributed by atoms with Crippen LogP contribution in [0, 0.1) is 0 Å². The summed E-state index contributed by atoms with van der Waals surface area (Å²) in [6.45, 7) is 0. The fourth-order valence-electron chi connectivity index (χ4n) is 1.30. The van der Waals surface area contributed by atoms with E-state index < -0.39 is 0 Å². The van der Waals surface area contributed by atoms with Crippen LogP contribution in [-0.4, -0.2) is 9.97 Å². The molecule has 0 atom stereocenters. The molecule has 0 fully saturated rings. The summed E-state index contributed by atoms with van der Waals surface area (Å²) in [4.78, 5) is 11.1. The topological polar surface area (TPSA) is 25.8 Å². The van der Waals surface area contributed by atoms with Gasteiger partial charge in [-0.1, -0.05) is 0 Å². The van der Waals surface area contributed by atoms with Crippen LogP contribution in [0.25, 0.3) is 19.8 Å². The number of aromatic nitrogens is 2. The number of hydrogen-bond donors (Lipinski definition) is 0. The van der Waals surface area contributed by atoms with E-state index in [9.17, 15) is 0 Å². The van der Waals surface area contributed by atoms with Gasteiger partial charge < -0.3 is 0 Å². The van der Waals surface area contributed by atoms with Crippen LogP contribution >= 0.6 is 65.9 Å². The molecule has 3 aromatic heterocycles. The summed E-state index contributed by atoms with van der Waals surface area (Å²) in [7, 11) is 0. The van der Waals surface area contributed by atoms with Crippen LogP contribution in [0.3, 0.4) is 0 Å². The Morgan fingerprint density at radius 2 is 1.24 bits per heavy atom. The van der Waals surface area contributed by atoms with Crippen molar-refractivity contribution in [3.63, 3.8) is 0 Å². The van der Waals surface area contributed by atoms with Crippen LogP contribution in [0.5, 0.6) is 0 Å². The number of rotatable bonds is 2. The van der Waals surface area contributed by atoms with Gasteiger partial charge >= 0.3 is 0 Å². The normalized spacial score (nSPS) is 10.9. The predicted molar refractivity (Wildman–Crippen MR) is 81.9 cm³/mol. The van der Waals surface area contributed by atoms with Crippen LogP contribution in [0.4, 0.5) is 0 Å². The second-order valence-corrected chi connectivity index (χ2v) is 9.01. The molecule has 0 aliphatic rings. The lowest BCUT2D eigenvalue weighted by molar-refractivity contribution is 1.42. The van der Waals surface area contributed by atoms with Crippen molar-refractivity contribution in [2.24, 2.45) is 0 Å². The molecule has 0 N–H and O–H groups in total. The largest absolute Gasteiger partial charge is 0.242 e. The lowest BCUT2D eigenvalue weighted by Gasteiger charge is -1.88. The molecule has 0 unspecified atom stereocenters. The summed E-state index contributed by atoms with van der Waals surface area (Å²) in [5.74, 6) is 0. The SMILES string of the molecule is Brc1cnc(-c2ccc(-c3ncc(Br)s3)s2)s1. The molecule has 7 heteroatoms. The third-order valence-electron chi connectivity index (χ3n) is 1.98. The molecule has 0 amide bonds. The summed E-state index contributed by atoms with van der Waals surface area (Å²) >= 11 is 11.9. The van der Waals surface area contributed by atoms with E-state index in [1.54, 1.807) is 34.0 Å². The van der Waals surface area contributed by atoms with Gasteiger partial charge in [-0.15, -0.1) is 34.0 Å². The number of thiazole rings is 2. The first kappa shape index (κ1) is 12.0. The van der Waals surface area contributed by atoms with Crippen molar-refractivity contribution in [1.82, 2.24) is 9.97 Å². The summed E-state index contributed by atoms with van der Waals surface area (Å²) in [5.41, 5.74) is 0. The van der Waals surface area contributed by atoms with E-state index in [-0.39, 0.29) is 0 Å². The molecule has 3 aromatic rings. The zero-order valence-electron chi connectivity index (χ0n) is 8.18. The third kappa shape index (κ3) is 2.53. The van der Waals surface area contributed by atoms with Crippen LogP contribution in [-0.2, 0) is 0 Å². The number of halogens is 2. The van der Waals surface area contributed by atoms with Gasteiger partial charge in [0.15, 0.2) is 0 Å². The lowest BCUT2D eigenvalue weighted by atomic mass is 10.4. The molecule has 0 bridgehead atoms. The van der Waals surface area contributed by atoms with E-state index in [2.05, 4.69) is 54.0 Å². The van der Waals surface area contributed by atoms with Gasteiger partial charge in [0.1, 0.15) is 10.0 Å². The second-order valence-electron chi connectivity index (χ2n) is 3.10. The Morgan fingerprint density at radius 3 is 1.59 bits per heavy atom. The summed E-state index contributed by atoms with van der Waals surface area (Å²) in [6, 6.07) is 4.20. The number of hydrogen-bond acceptors (Lipinski definition) is 5. The zero-order valence-corrected chi connectivity index (χ0v) is 13.8. The first-order valence-electron chi connectivity index (χ1n) is 4.55. The average Bonchev–Trinajstić information content (AvgIpc) is 2.96. The van der Waals surface area contributed by atoms with Crippen LogP contribution < -0.4 is 0 Å². The summed E-state index contributed by atoms with van der Waals surface area (Å²) < 4.78 is 2.11. The average molecular weight is 408 g/mol. The third-order valence-corrected chi connectivity index (χ3v) is 6.36. The van der Waals surface area contributed by atoms with Crippen molar-refractivity contribution in [3.8, 4) is 19.8 Å². The maximum absolute atomic E-state index is 4.35. The minimum absolute atomic E-state index is 1.05. The van der Waals surface area contributed by atoms with Crippen molar-refractivity contribution in [2.75, 3.05) is 0 Å². The smallest absolute Gasteiger partial charge is 0.134 e. The van der Waals surface area contributed by atoms with Crippen LogP contribution in [0.15, 0.2) is 32.1 Å². The highest BCUT2D eigenvalue weighted by atomic mass is 79.9. The Balaban J connectivity index is 1.98. The maximum Gasteiger partial charge on any atom is 0.134 e. The quantitative estimate of drug-likeness (QED) is 0.558. The minimum Gasteiger partial charge on any atom is -0.242 e. The van der Waals surface area contributed by atoms with Crippen molar-refractivity contribution in [3.05, 3.63) is 32.1 Å². The van der Waals surface area contributed by atoms with Gasteiger partial charge in [0, 0.05) is 0 Å². The van der Waals surface area contributed by atoms with Gasteiger partial charge in [0.05, 0.1) is 29.7 Å². The summed E-state index contributed by atoms with van der Waals surface area (Å²) in [5, 5.41) is 2.09. The minimum atomic E-state index is 1.05. The van der Waals surface area contributed by atoms with Gasteiger partial charge in [-0.25, -0.2) is 9.97 Å². The first-order chi connectivity index (χ1) is 8.22. The Hall–Kier alpha value is -0.0800. The Bertz CT molecular complexity index is 601. The maximum atomic E-state index is 4.35. The van der Waals surface area contributed by atoms with E-state index in [0.717, 1.165) is 17.6 Å². The highest BCUT2D eigenvalue weighted by Gasteiger charge is 2.10. The Labute approximate surface area is 127 Å². The molecule has 17 heavy (non-hydrogen) atoms. The van der Waals surface area contributed by atoms with Gasteiger partial charge in [-0.05, 0) is 44.0 Å². The molecule has 0 aromatic carbocycles. The molecule has 3 rings (SSSR count). The van der Waals surface area contributed by atoms with Crippen LogP contribution in [0.2, 0.25) is 0 Å². The van der Waals surface area contributed by atoms with E-state index in [1.807, 2.05) is 12.4 Å². The lowest BCUT2D eigenvalue weighted by Crippen LogP contribution is -1.65. The van der Waals surface area contributed by atoms with Crippen molar-refractivity contribution < 1.29 is 0 Å². The fourth-order valence-corrected chi connectivity index (χ4v) is 4.85. The molecule has 0 radical (unpaired) electrons. The molecule has 0 saturated carbocycles.